The molecule has 0 radical (unpaired) electrons. The predicted molar refractivity (Wildman–Crippen MR) is 100.0 cm³/mol. The molecule has 0 atom stereocenters. The lowest BCUT2D eigenvalue weighted by atomic mass is 10.0. The second-order valence-electron chi connectivity index (χ2n) is 6.17. The molecule has 0 heterocycles. The van der Waals surface area contributed by atoms with Gasteiger partial charge < -0.3 is 15.0 Å². The summed E-state index contributed by atoms with van der Waals surface area (Å²) in [5, 5.41) is 4.81. The van der Waals surface area contributed by atoms with Gasteiger partial charge in [0.2, 0.25) is 5.91 Å². The van der Waals surface area contributed by atoms with Crippen molar-refractivity contribution in [2.24, 2.45) is 0 Å². The van der Waals surface area contributed by atoms with Gasteiger partial charge in [-0.1, -0.05) is 24.3 Å². The van der Waals surface area contributed by atoms with E-state index >= 15 is 0 Å². The van der Waals surface area contributed by atoms with Crippen LogP contribution in [0.1, 0.15) is 38.1 Å². The van der Waals surface area contributed by atoms with Gasteiger partial charge in [-0.25, -0.2) is 0 Å². The maximum atomic E-state index is 13.0. The molecular weight excluding hydrogens is 316 g/mol. The van der Waals surface area contributed by atoms with E-state index in [1.807, 2.05) is 64.1 Å². The summed E-state index contributed by atoms with van der Waals surface area (Å²) in [4.78, 5) is 26.6. The van der Waals surface area contributed by atoms with E-state index in [2.05, 4.69) is 5.32 Å². The van der Waals surface area contributed by atoms with Gasteiger partial charge in [-0.15, -0.1) is 0 Å². The van der Waals surface area contributed by atoms with Crippen LogP contribution < -0.4 is 10.1 Å². The quantitative estimate of drug-likeness (QED) is 0.840. The van der Waals surface area contributed by atoms with Gasteiger partial charge in [0.25, 0.3) is 5.91 Å². The van der Waals surface area contributed by atoms with Crippen molar-refractivity contribution >= 4 is 22.6 Å². The topological polar surface area (TPSA) is 58.6 Å². The van der Waals surface area contributed by atoms with Gasteiger partial charge in [0.05, 0.1) is 18.7 Å². The molecule has 0 aliphatic rings. The average Bonchev–Trinajstić information content (AvgIpc) is 2.58. The molecular formula is C20H26N2O3. The van der Waals surface area contributed by atoms with Crippen molar-refractivity contribution in [3.05, 3.63) is 42.0 Å². The van der Waals surface area contributed by atoms with Crippen molar-refractivity contribution in [1.82, 2.24) is 10.2 Å². The highest BCUT2D eigenvalue weighted by Crippen LogP contribution is 2.27. The second-order valence-corrected chi connectivity index (χ2v) is 6.17. The van der Waals surface area contributed by atoms with Crippen molar-refractivity contribution in [2.75, 3.05) is 19.7 Å². The summed E-state index contributed by atoms with van der Waals surface area (Å²) in [6.07, 6.45) is 0. The summed E-state index contributed by atoms with van der Waals surface area (Å²) in [6, 6.07) is 11.6. The third kappa shape index (κ3) is 4.72. The maximum Gasteiger partial charge on any atom is 0.258 e. The standard InChI is InChI=1S/C20H26N2O3/c1-5-22(13-19(23)21-14(3)4)20(24)17-11-15-9-7-8-10-16(15)12-18(17)25-6-2/h7-12,14H,5-6,13H2,1-4H3,(H,21,23). The van der Waals surface area contributed by atoms with Crippen LogP contribution in [0.3, 0.4) is 0 Å². The molecule has 0 aliphatic carbocycles. The molecule has 2 aromatic carbocycles. The summed E-state index contributed by atoms with van der Waals surface area (Å²) in [7, 11) is 0. The first kappa shape index (κ1) is 18.8. The first-order chi connectivity index (χ1) is 12.0. The molecule has 0 unspecified atom stereocenters. The number of amides is 2. The molecule has 134 valence electrons. The molecule has 2 rings (SSSR count). The number of ether oxygens (including phenoxy) is 1. The lowest BCUT2D eigenvalue weighted by Crippen LogP contribution is -2.42. The van der Waals surface area contributed by atoms with Crippen LogP contribution in [0.2, 0.25) is 0 Å². The van der Waals surface area contributed by atoms with Crippen LogP contribution >= 0.6 is 0 Å². The van der Waals surface area contributed by atoms with Crippen molar-refractivity contribution in [3.8, 4) is 5.75 Å². The Labute approximate surface area is 149 Å². The summed E-state index contributed by atoms with van der Waals surface area (Å²) >= 11 is 0. The van der Waals surface area contributed by atoms with Crippen LogP contribution in [0.5, 0.6) is 5.75 Å². The summed E-state index contributed by atoms with van der Waals surface area (Å²) in [6.45, 7) is 8.49. The third-order valence-electron chi connectivity index (χ3n) is 3.83. The van der Waals surface area contributed by atoms with Crippen molar-refractivity contribution < 1.29 is 14.3 Å². The van der Waals surface area contributed by atoms with Crippen LogP contribution in [0.25, 0.3) is 10.8 Å². The van der Waals surface area contributed by atoms with Crippen molar-refractivity contribution in [2.45, 2.75) is 33.7 Å². The number of carbonyl (C=O) groups excluding carboxylic acids is 2. The van der Waals surface area contributed by atoms with Gasteiger partial charge in [-0.2, -0.15) is 0 Å². The number of hydrogen-bond acceptors (Lipinski definition) is 3. The van der Waals surface area contributed by atoms with E-state index in [0.717, 1.165) is 10.8 Å². The van der Waals surface area contributed by atoms with Gasteiger partial charge >= 0.3 is 0 Å². The lowest BCUT2D eigenvalue weighted by molar-refractivity contribution is -0.122. The summed E-state index contributed by atoms with van der Waals surface area (Å²) in [5.74, 6) is 0.188. The molecule has 0 spiro atoms. The normalized spacial score (nSPS) is 10.8. The van der Waals surface area contributed by atoms with E-state index in [4.69, 9.17) is 4.74 Å². The fourth-order valence-electron chi connectivity index (χ4n) is 2.70. The van der Waals surface area contributed by atoms with Crippen LogP contribution in [-0.4, -0.2) is 42.5 Å². The molecule has 0 aliphatic heterocycles. The largest absolute Gasteiger partial charge is 0.493 e. The molecule has 0 saturated carbocycles. The fraction of sp³-hybridized carbons (Fsp3) is 0.400. The van der Waals surface area contributed by atoms with E-state index in [1.54, 1.807) is 0 Å². The Morgan fingerprint density at radius 2 is 1.76 bits per heavy atom. The van der Waals surface area contributed by atoms with E-state index in [9.17, 15) is 9.59 Å². The van der Waals surface area contributed by atoms with Gasteiger partial charge in [-0.3, -0.25) is 9.59 Å². The number of nitrogens with one attached hydrogen (secondary N) is 1. The molecule has 0 aromatic heterocycles. The molecule has 25 heavy (non-hydrogen) atoms. The number of fused-ring (bicyclic) bond motifs is 1. The SMILES string of the molecule is CCOc1cc2ccccc2cc1C(=O)N(CC)CC(=O)NC(C)C. The number of likely N-dealkylation sites (N-methyl/N-ethyl adjacent to an activating group) is 1. The predicted octanol–water partition coefficient (Wildman–Crippen LogP) is 3.23. The summed E-state index contributed by atoms with van der Waals surface area (Å²) in [5.41, 5.74) is 0.486. The average molecular weight is 342 g/mol. The molecule has 0 fully saturated rings. The maximum absolute atomic E-state index is 13.0. The molecule has 2 aromatic rings. The van der Waals surface area contributed by atoms with Gasteiger partial charge in [-0.05, 0) is 50.6 Å². The Morgan fingerprint density at radius 3 is 2.32 bits per heavy atom. The monoisotopic (exact) mass is 342 g/mol. The Bertz CT molecular complexity index is 756. The van der Waals surface area contributed by atoms with Crippen molar-refractivity contribution in [1.29, 1.82) is 0 Å². The van der Waals surface area contributed by atoms with Crippen LogP contribution in [-0.2, 0) is 4.79 Å². The van der Waals surface area contributed by atoms with Gasteiger partial charge in [0.1, 0.15) is 5.75 Å². The third-order valence-corrected chi connectivity index (χ3v) is 3.83. The van der Waals surface area contributed by atoms with E-state index in [0.29, 0.717) is 24.5 Å². The van der Waals surface area contributed by atoms with E-state index < -0.39 is 0 Å². The molecule has 5 heteroatoms. The number of rotatable bonds is 7. The zero-order chi connectivity index (χ0) is 18.4. The first-order valence-corrected chi connectivity index (χ1v) is 8.70. The molecule has 0 saturated heterocycles. The van der Waals surface area contributed by atoms with Gasteiger partial charge in [0, 0.05) is 12.6 Å². The molecule has 1 N–H and O–H groups in total. The highest BCUT2D eigenvalue weighted by molar-refractivity contribution is 6.02. The minimum Gasteiger partial charge on any atom is -0.493 e. The van der Waals surface area contributed by atoms with Gasteiger partial charge in [0.15, 0.2) is 0 Å². The van der Waals surface area contributed by atoms with Crippen LogP contribution in [0, 0.1) is 0 Å². The second kappa shape index (κ2) is 8.51. The van der Waals surface area contributed by atoms with Crippen LogP contribution in [0.15, 0.2) is 36.4 Å². The Kier molecular flexibility index (Phi) is 6.39. The lowest BCUT2D eigenvalue weighted by Gasteiger charge is -2.22. The number of carbonyl (C=O) groups is 2. The highest BCUT2D eigenvalue weighted by atomic mass is 16.5. The minimum atomic E-state index is -0.199. The highest BCUT2D eigenvalue weighted by Gasteiger charge is 2.21. The number of benzene rings is 2. The fourth-order valence-corrected chi connectivity index (χ4v) is 2.70. The van der Waals surface area contributed by atoms with E-state index in [1.165, 1.54) is 4.90 Å². The first-order valence-electron chi connectivity index (χ1n) is 8.70. The Morgan fingerprint density at radius 1 is 1.12 bits per heavy atom. The van der Waals surface area contributed by atoms with E-state index in [-0.39, 0.29) is 24.4 Å². The smallest absolute Gasteiger partial charge is 0.258 e. The zero-order valence-electron chi connectivity index (χ0n) is 15.3. The molecule has 2 amide bonds. The summed E-state index contributed by atoms with van der Waals surface area (Å²) < 4.78 is 5.68. The van der Waals surface area contributed by atoms with Crippen molar-refractivity contribution in [3.63, 3.8) is 0 Å². The minimum absolute atomic E-state index is 0.0336. The number of nitrogens with zero attached hydrogens (tertiary/aromatic N) is 1. The Hall–Kier alpha value is -2.56. The molecule has 0 bridgehead atoms. The zero-order valence-corrected chi connectivity index (χ0v) is 15.3. The molecule has 5 nitrogen and oxygen atoms in total. The number of hydrogen-bond donors (Lipinski definition) is 1. The Balaban J connectivity index is 2.34. The van der Waals surface area contributed by atoms with Crippen LogP contribution in [0.4, 0.5) is 0 Å².